The van der Waals surface area contributed by atoms with Gasteiger partial charge < -0.3 is 30.3 Å². The van der Waals surface area contributed by atoms with Crippen LogP contribution >= 0.6 is 0 Å². The minimum atomic E-state index is -1.60. The summed E-state index contributed by atoms with van der Waals surface area (Å²) in [4.78, 5) is 0. The Balaban J connectivity index is 1.68. The minimum Gasteiger partial charge on any atom is -0.394 e. The van der Waals surface area contributed by atoms with Crippen molar-refractivity contribution in [1.82, 2.24) is 0 Å². The lowest BCUT2D eigenvalue weighted by Crippen LogP contribution is -2.69. The van der Waals surface area contributed by atoms with Crippen LogP contribution in [0.3, 0.4) is 0 Å². The van der Waals surface area contributed by atoms with Crippen LogP contribution in [0.4, 0.5) is 0 Å². The van der Waals surface area contributed by atoms with E-state index >= 15 is 0 Å². The molecule has 0 amide bonds. The molecule has 0 bridgehead atoms. The molecule has 0 aromatic carbocycles. The van der Waals surface area contributed by atoms with Crippen LogP contribution in [0.5, 0.6) is 0 Å². The van der Waals surface area contributed by atoms with Crippen LogP contribution in [0.25, 0.3) is 0 Å². The highest BCUT2D eigenvalue weighted by Gasteiger charge is 2.67. The molecule has 11 atom stereocenters. The standard InChI is InChI=1S/C30H50O6/c1-17(2)18(3)7-8-19(4)21-9-10-22-24-25(23(32)16-28(21,22)5)29(6)12-11-20(36-14-13-31)15-30(29,35)27(34)26(24)33/h7-8,17-23,26-27,31-35H,9-16H2,1-6H3. The van der Waals surface area contributed by atoms with Crippen LogP contribution in [0.15, 0.2) is 23.3 Å². The molecule has 5 N–H and O–H groups in total. The molecule has 36 heavy (non-hydrogen) atoms. The van der Waals surface area contributed by atoms with Gasteiger partial charge in [0.25, 0.3) is 0 Å². The molecule has 4 rings (SSSR count). The molecule has 11 unspecified atom stereocenters. The number of ether oxygens (including phenoxy) is 1. The summed E-state index contributed by atoms with van der Waals surface area (Å²) in [5, 5.41) is 55.7. The largest absolute Gasteiger partial charge is 0.394 e. The van der Waals surface area contributed by atoms with Gasteiger partial charge in [0, 0.05) is 11.8 Å². The predicted molar refractivity (Wildman–Crippen MR) is 140 cm³/mol. The van der Waals surface area contributed by atoms with Crippen LogP contribution < -0.4 is 0 Å². The molecular weight excluding hydrogens is 456 g/mol. The molecule has 2 fully saturated rings. The van der Waals surface area contributed by atoms with Crippen molar-refractivity contribution in [2.45, 2.75) is 110 Å². The Hall–Kier alpha value is -0.760. The van der Waals surface area contributed by atoms with Crippen LogP contribution in [-0.4, -0.2) is 68.8 Å². The van der Waals surface area contributed by atoms with Crippen LogP contribution in [0, 0.1) is 40.4 Å². The maximum absolute atomic E-state index is 11.9. The Kier molecular flexibility index (Phi) is 7.92. The maximum Gasteiger partial charge on any atom is 0.113 e. The predicted octanol–water partition coefficient (Wildman–Crippen LogP) is 3.60. The van der Waals surface area contributed by atoms with Gasteiger partial charge in [-0.1, -0.05) is 53.7 Å². The molecule has 0 aromatic heterocycles. The van der Waals surface area contributed by atoms with E-state index in [1.807, 2.05) is 6.92 Å². The molecule has 206 valence electrons. The normalized spacial score (nSPS) is 46.6. The molecule has 0 radical (unpaired) electrons. The monoisotopic (exact) mass is 506 g/mol. The quantitative estimate of drug-likeness (QED) is 0.338. The molecule has 2 saturated carbocycles. The summed E-state index contributed by atoms with van der Waals surface area (Å²) in [6.07, 6.45) is 5.00. The molecule has 0 aromatic rings. The number of aliphatic hydroxyl groups excluding tert-OH is 4. The zero-order valence-electron chi connectivity index (χ0n) is 23.2. The summed E-state index contributed by atoms with van der Waals surface area (Å²) in [6.45, 7) is 13.3. The van der Waals surface area contributed by atoms with Crippen molar-refractivity contribution in [3.8, 4) is 0 Å². The fourth-order valence-electron chi connectivity index (χ4n) is 8.54. The number of hydrogen-bond donors (Lipinski definition) is 5. The lowest BCUT2D eigenvalue weighted by Gasteiger charge is -2.62. The van der Waals surface area contributed by atoms with Gasteiger partial charge in [0.15, 0.2) is 0 Å². The third-order valence-corrected chi connectivity index (χ3v) is 11.1. The number of fused-ring (bicyclic) bond motifs is 4. The Bertz CT molecular complexity index is 868. The van der Waals surface area contributed by atoms with Gasteiger partial charge in [-0.2, -0.15) is 0 Å². The summed E-state index contributed by atoms with van der Waals surface area (Å²) in [5.74, 6) is 1.91. The summed E-state index contributed by atoms with van der Waals surface area (Å²) in [6, 6.07) is 0. The second kappa shape index (κ2) is 10.1. The van der Waals surface area contributed by atoms with Crippen molar-refractivity contribution in [1.29, 1.82) is 0 Å². The topological polar surface area (TPSA) is 110 Å². The first-order valence-electron chi connectivity index (χ1n) is 14.2. The molecule has 6 heteroatoms. The molecule has 6 nitrogen and oxygen atoms in total. The number of allylic oxidation sites excluding steroid dienone is 2. The van der Waals surface area contributed by atoms with E-state index in [4.69, 9.17) is 9.84 Å². The van der Waals surface area contributed by atoms with E-state index < -0.39 is 29.3 Å². The van der Waals surface area contributed by atoms with Crippen molar-refractivity contribution >= 4 is 0 Å². The SMILES string of the molecule is CC(C)C(C)C=CC(C)C1CCC2C3=C(C(O)CC21C)C1(C)CCC(OCCO)CC1(O)C(O)C3O. The van der Waals surface area contributed by atoms with Crippen LogP contribution in [0.1, 0.15) is 80.1 Å². The van der Waals surface area contributed by atoms with Gasteiger partial charge in [-0.3, -0.25) is 0 Å². The van der Waals surface area contributed by atoms with Gasteiger partial charge in [0.2, 0.25) is 0 Å². The molecule has 4 aliphatic carbocycles. The zero-order valence-corrected chi connectivity index (χ0v) is 23.2. The minimum absolute atomic E-state index is 0.0775. The smallest absolute Gasteiger partial charge is 0.113 e. The summed E-state index contributed by atoms with van der Waals surface area (Å²) < 4.78 is 5.73. The van der Waals surface area contributed by atoms with Gasteiger partial charge in [-0.25, -0.2) is 0 Å². The van der Waals surface area contributed by atoms with Gasteiger partial charge in [-0.05, 0) is 78.3 Å². The average Bonchev–Trinajstić information content (AvgIpc) is 3.16. The van der Waals surface area contributed by atoms with E-state index in [0.29, 0.717) is 42.9 Å². The van der Waals surface area contributed by atoms with Gasteiger partial charge in [0.1, 0.15) is 17.8 Å². The van der Waals surface area contributed by atoms with Crippen molar-refractivity contribution < 1.29 is 30.3 Å². The first-order valence-corrected chi connectivity index (χ1v) is 14.2. The van der Waals surface area contributed by atoms with Gasteiger partial charge in [0.05, 0.1) is 25.4 Å². The van der Waals surface area contributed by atoms with E-state index in [9.17, 15) is 20.4 Å². The fraction of sp³-hybridized carbons (Fsp3) is 0.867. The summed E-state index contributed by atoms with van der Waals surface area (Å²) in [5.41, 5.74) is -1.06. The van der Waals surface area contributed by atoms with Crippen LogP contribution in [0.2, 0.25) is 0 Å². The third-order valence-electron chi connectivity index (χ3n) is 11.1. The lowest BCUT2D eigenvalue weighted by molar-refractivity contribution is -0.225. The van der Waals surface area contributed by atoms with Crippen molar-refractivity contribution in [2.75, 3.05) is 13.2 Å². The summed E-state index contributed by atoms with van der Waals surface area (Å²) in [7, 11) is 0. The Morgan fingerprint density at radius 1 is 1.00 bits per heavy atom. The summed E-state index contributed by atoms with van der Waals surface area (Å²) >= 11 is 0. The maximum atomic E-state index is 11.9. The van der Waals surface area contributed by atoms with Crippen molar-refractivity contribution in [3.05, 3.63) is 23.3 Å². The first kappa shape index (κ1) is 28.3. The van der Waals surface area contributed by atoms with E-state index in [2.05, 4.69) is 46.8 Å². The van der Waals surface area contributed by atoms with Gasteiger partial charge in [-0.15, -0.1) is 0 Å². The number of hydrogen-bond acceptors (Lipinski definition) is 6. The Labute approximate surface area is 217 Å². The number of aliphatic hydroxyl groups is 5. The second-order valence-electron chi connectivity index (χ2n) is 13.3. The Morgan fingerprint density at radius 2 is 1.69 bits per heavy atom. The molecule has 0 heterocycles. The highest BCUT2D eigenvalue weighted by Crippen LogP contribution is 2.66. The van der Waals surface area contributed by atoms with Crippen molar-refractivity contribution in [2.24, 2.45) is 40.4 Å². The molecular formula is C30H50O6. The highest BCUT2D eigenvalue weighted by atomic mass is 16.5. The van der Waals surface area contributed by atoms with E-state index in [-0.39, 0.29) is 37.1 Å². The Morgan fingerprint density at radius 3 is 2.33 bits per heavy atom. The zero-order chi connectivity index (χ0) is 26.6. The third kappa shape index (κ3) is 4.24. The van der Waals surface area contributed by atoms with E-state index in [1.165, 1.54) is 0 Å². The second-order valence-corrected chi connectivity index (χ2v) is 13.3. The number of rotatable bonds is 7. The van der Waals surface area contributed by atoms with E-state index in [0.717, 1.165) is 24.0 Å². The van der Waals surface area contributed by atoms with Crippen molar-refractivity contribution in [3.63, 3.8) is 0 Å². The molecule has 0 aliphatic heterocycles. The van der Waals surface area contributed by atoms with E-state index in [1.54, 1.807) is 0 Å². The fourth-order valence-corrected chi connectivity index (χ4v) is 8.54. The molecule has 4 aliphatic rings. The molecule has 0 spiro atoms. The molecule has 0 saturated heterocycles. The first-order chi connectivity index (χ1) is 16.8. The highest BCUT2D eigenvalue weighted by molar-refractivity contribution is 5.44. The van der Waals surface area contributed by atoms with Gasteiger partial charge >= 0.3 is 0 Å². The lowest BCUT2D eigenvalue weighted by atomic mass is 9.47. The average molecular weight is 507 g/mol. The van der Waals surface area contributed by atoms with Crippen LogP contribution in [-0.2, 0) is 4.74 Å².